The number of esters is 1. The van der Waals surface area contributed by atoms with E-state index in [-0.39, 0.29) is 12.4 Å². The Kier molecular flexibility index (Phi) is 5.72. The first-order chi connectivity index (χ1) is 14.5. The van der Waals surface area contributed by atoms with Crippen LogP contribution in [-0.4, -0.2) is 23.3 Å². The Labute approximate surface area is 182 Å². The summed E-state index contributed by atoms with van der Waals surface area (Å²) in [7, 11) is 0. The van der Waals surface area contributed by atoms with Gasteiger partial charge in [-0.1, -0.05) is 76.6 Å². The minimum absolute atomic E-state index is 0.256. The maximum absolute atomic E-state index is 12.9. The first-order valence-corrected chi connectivity index (χ1v) is 10.2. The Bertz CT molecular complexity index is 1230. The van der Waals surface area contributed by atoms with Gasteiger partial charge < -0.3 is 4.74 Å². The number of nitrogens with zero attached hydrogens (tertiary/aromatic N) is 1. The van der Waals surface area contributed by atoms with Crippen molar-refractivity contribution in [3.8, 4) is 11.3 Å². The molecule has 0 amide bonds. The van der Waals surface area contributed by atoms with Crippen molar-refractivity contribution in [1.29, 1.82) is 0 Å². The van der Waals surface area contributed by atoms with Gasteiger partial charge in [-0.05, 0) is 30.7 Å². The molecule has 0 fully saturated rings. The van der Waals surface area contributed by atoms with Gasteiger partial charge in [-0.25, -0.2) is 9.78 Å². The number of Topliss-reactive ketones (excluding diaryl/α,β-unsaturated/α-hetero) is 1. The zero-order chi connectivity index (χ0) is 21.1. The van der Waals surface area contributed by atoms with E-state index in [1.54, 1.807) is 30.3 Å². The van der Waals surface area contributed by atoms with Gasteiger partial charge in [-0.2, -0.15) is 0 Å². The lowest BCUT2D eigenvalue weighted by Gasteiger charge is -2.11. The SMILES string of the molecule is Cc1cccc2c(C(=O)OCC(=O)c3ccc(Br)cc3)cc(-c3ccccc3)nc12. The molecule has 0 unspecified atom stereocenters. The molecule has 0 saturated heterocycles. The highest BCUT2D eigenvalue weighted by atomic mass is 79.9. The molecule has 148 valence electrons. The number of carbonyl (C=O) groups is 2. The van der Waals surface area contributed by atoms with E-state index in [0.717, 1.165) is 21.1 Å². The number of rotatable bonds is 5. The summed E-state index contributed by atoms with van der Waals surface area (Å²) in [4.78, 5) is 30.1. The minimum atomic E-state index is -0.546. The molecule has 0 bridgehead atoms. The molecule has 0 radical (unpaired) electrons. The van der Waals surface area contributed by atoms with E-state index in [4.69, 9.17) is 9.72 Å². The second-order valence-corrected chi connectivity index (χ2v) is 7.81. The molecule has 0 saturated carbocycles. The zero-order valence-electron chi connectivity index (χ0n) is 16.3. The molecule has 0 aliphatic carbocycles. The minimum Gasteiger partial charge on any atom is -0.454 e. The summed E-state index contributed by atoms with van der Waals surface area (Å²) in [5, 5.41) is 0.704. The predicted octanol–water partition coefficient (Wildman–Crippen LogP) is 6.01. The van der Waals surface area contributed by atoms with Crippen molar-refractivity contribution in [2.75, 3.05) is 6.61 Å². The lowest BCUT2D eigenvalue weighted by molar-refractivity contribution is 0.0476. The fourth-order valence-corrected chi connectivity index (χ4v) is 3.51. The molecule has 30 heavy (non-hydrogen) atoms. The van der Waals surface area contributed by atoms with Gasteiger partial charge in [-0.3, -0.25) is 4.79 Å². The van der Waals surface area contributed by atoms with Crippen LogP contribution in [0.5, 0.6) is 0 Å². The molecule has 1 heterocycles. The second-order valence-electron chi connectivity index (χ2n) is 6.90. The molecule has 3 aromatic carbocycles. The highest BCUT2D eigenvalue weighted by molar-refractivity contribution is 9.10. The summed E-state index contributed by atoms with van der Waals surface area (Å²) < 4.78 is 6.26. The van der Waals surface area contributed by atoms with Crippen LogP contribution in [0.4, 0.5) is 0 Å². The number of ether oxygens (including phenoxy) is 1. The number of pyridine rings is 1. The number of halogens is 1. The molecule has 0 N–H and O–H groups in total. The monoisotopic (exact) mass is 459 g/mol. The maximum Gasteiger partial charge on any atom is 0.339 e. The Morgan fingerprint density at radius 1 is 0.933 bits per heavy atom. The van der Waals surface area contributed by atoms with Crippen LogP contribution >= 0.6 is 15.9 Å². The van der Waals surface area contributed by atoms with Crippen LogP contribution in [0.15, 0.2) is 83.3 Å². The quantitative estimate of drug-likeness (QED) is 0.270. The molecule has 4 aromatic rings. The number of hydrogen-bond donors (Lipinski definition) is 0. The Balaban J connectivity index is 1.66. The summed E-state index contributed by atoms with van der Waals surface area (Å²) in [5.74, 6) is -0.802. The van der Waals surface area contributed by atoms with E-state index in [0.29, 0.717) is 22.2 Å². The van der Waals surface area contributed by atoms with E-state index in [1.807, 2.05) is 55.5 Å². The molecule has 0 aliphatic rings. The van der Waals surface area contributed by atoms with Crippen LogP contribution in [0.2, 0.25) is 0 Å². The average molecular weight is 460 g/mol. The molecule has 5 heteroatoms. The molecule has 0 aliphatic heterocycles. The van der Waals surface area contributed by atoms with Crippen molar-refractivity contribution in [2.45, 2.75) is 6.92 Å². The first-order valence-electron chi connectivity index (χ1n) is 9.44. The van der Waals surface area contributed by atoms with E-state index >= 15 is 0 Å². The van der Waals surface area contributed by atoms with E-state index < -0.39 is 5.97 Å². The van der Waals surface area contributed by atoms with Crippen LogP contribution in [-0.2, 0) is 4.74 Å². The van der Waals surface area contributed by atoms with Gasteiger partial charge in [0.25, 0.3) is 0 Å². The Hall–Kier alpha value is -3.31. The molecule has 1 aromatic heterocycles. The highest BCUT2D eigenvalue weighted by Crippen LogP contribution is 2.27. The van der Waals surface area contributed by atoms with Crippen molar-refractivity contribution in [3.05, 3.63) is 100 Å². The van der Waals surface area contributed by atoms with Gasteiger partial charge in [0.05, 0.1) is 16.8 Å². The molecule has 0 spiro atoms. The van der Waals surface area contributed by atoms with Crippen molar-refractivity contribution in [2.24, 2.45) is 0 Å². The van der Waals surface area contributed by atoms with Gasteiger partial charge in [0.1, 0.15) is 0 Å². The summed E-state index contributed by atoms with van der Waals surface area (Å²) in [6.07, 6.45) is 0. The van der Waals surface area contributed by atoms with E-state index in [2.05, 4.69) is 15.9 Å². The van der Waals surface area contributed by atoms with Gasteiger partial charge in [0.15, 0.2) is 12.4 Å². The van der Waals surface area contributed by atoms with Crippen LogP contribution < -0.4 is 0 Å². The number of hydrogen-bond acceptors (Lipinski definition) is 4. The third kappa shape index (κ3) is 4.16. The number of para-hydroxylation sites is 1. The molecule has 4 nitrogen and oxygen atoms in total. The van der Waals surface area contributed by atoms with Gasteiger partial charge >= 0.3 is 5.97 Å². The van der Waals surface area contributed by atoms with Crippen molar-refractivity contribution >= 4 is 38.6 Å². The fraction of sp³-hybridized carbons (Fsp3) is 0.0800. The number of ketones is 1. The summed E-state index contributed by atoms with van der Waals surface area (Å²) in [5.41, 5.74) is 4.18. The smallest absolute Gasteiger partial charge is 0.339 e. The summed E-state index contributed by atoms with van der Waals surface area (Å²) in [6.45, 7) is 1.63. The lowest BCUT2D eigenvalue weighted by Crippen LogP contribution is -2.15. The second kappa shape index (κ2) is 8.59. The van der Waals surface area contributed by atoms with Crippen molar-refractivity contribution < 1.29 is 14.3 Å². The third-order valence-electron chi connectivity index (χ3n) is 4.83. The zero-order valence-corrected chi connectivity index (χ0v) is 17.8. The standard InChI is InChI=1S/C25H18BrNO3/c1-16-6-5-9-20-21(14-22(27-24(16)20)17-7-3-2-4-8-17)25(29)30-15-23(28)18-10-12-19(26)13-11-18/h2-14H,15H2,1H3. The van der Waals surface area contributed by atoms with Crippen LogP contribution in [0.1, 0.15) is 26.3 Å². The molecule has 0 atom stereocenters. The Morgan fingerprint density at radius 3 is 2.40 bits per heavy atom. The van der Waals surface area contributed by atoms with E-state index in [9.17, 15) is 9.59 Å². The number of aryl methyl sites for hydroxylation is 1. The van der Waals surface area contributed by atoms with Crippen LogP contribution in [0.25, 0.3) is 22.2 Å². The fourth-order valence-electron chi connectivity index (χ4n) is 3.25. The highest BCUT2D eigenvalue weighted by Gasteiger charge is 2.18. The molecular weight excluding hydrogens is 442 g/mol. The third-order valence-corrected chi connectivity index (χ3v) is 5.36. The van der Waals surface area contributed by atoms with Gasteiger partial charge in [0.2, 0.25) is 0 Å². The van der Waals surface area contributed by atoms with Crippen molar-refractivity contribution in [3.63, 3.8) is 0 Å². The van der Waals surface area contributed by atoms with E-state index in [1.165, 1.54) is 0 Å². The van der Waals surface area contributed by atoms with Crippen LogP contribution in [0, 0.1) is 6.92 Å². The van der Waals surface area contributed by atoms with Gasteiger partial charge in [-0.15, -0.1) is 0 Å². The topological polar surface area (TPSA) is 56.3 Å². The molecule has 4 rings (SSSR count). The number of benzene rings is 3. The number of carbonyl (C=O) groups excluding carboxylic acids is 2. The molecular formula is C25H18BrNO3. The maximum atomic E-state index is 12.9. The normalized spacial score (nSPS) is 10.7. The van der Waals surface area contributed by atoms with Crippen molar-refractivity contribution in [1.82, 2.24) is 4.98 Å². The summed E-state index contributed by atoms with van der Waals surface area (Å²) in [6, 6.07) is 24.0. The van der Waals surface area contributed by atoms with Gasteiger partial charge in [0, 0.05) is 21.0 Å². The predicted molar refractivity (Wildman–Crippen MR) is 121 cm³/mol. The largest absolute Gasteiger partial charge is 0.454 e. The lowest BCUT2D eigenvalue weighted by atomic mass is 10.0. The van der Waals surface area contributed by atoms with Crippen LogP contribution in [0.3, 0.4) is 0 Å². The Morgan fingerprint density at radius 2 is 1.67 bits per heavy atom. The summed E-state index contributed by atoms with van der Waals surface area (Å²) >= 11 is 3.34. The number of aromatic nitrogens is 1. The number of fused-ring (bicyclic) bond motifs is 1. The average Bonchev–Trinajstić information content (AvgIpc) is 2.78. The first kappa shape index (κ1) is 20.0.